The van der Waals surface area contributed by atoms with E-state index in [2.05, 4.69) is 4.72 Å². The molecule has 0 spiro atoms. The summed E-state index contributed by atoms with van der Waals surface area (Å²) in [5.74, 6) is 0.839. The summed E-state index contributed by atoms with van der Waals surface area (Å²) in [7, 11) is -3.38. The largest absolute Gasteiger partial charge is 0.493 e. The summed E-state index contributed by atoms with van der Waals surface area (Å²) in [6.45, 7) is 0.976. The van der Waals surface area contributed by atoms with Gasteiger partial charge in [0, 0.05) is 18.0 Å². The minimum absolute atomic E-state index is 0.0573. The van der Waals surface area contributed by atoms with Crippen molar-refractivity contribution in [2.45, 2.75) is 18.7 Å². The molecule has 3 rings (SSSR count). The summed E-state index contributed by atoms with van der Waals surface area (Å²) in [5.41, 5.74) is 2.78. The fourth-order valence-corrected chi connectivity index (χ4v) is 3.64. The molecule has 0 fully saturated rings. The quantitative estimate of drug-likeness (QED) is 0.912. The molecule has 0 saturated carbocycles. The normalized spacial score (nSPS) is 13.7. The van der Waals surface area contributed by atoms with E-state index in [1.165, 1.54) is 0 Å². The van der Waals surface area contributed by atoms with Crippen LogP contribution in [0.3, 0.4) is 0 Å². The summed E-state index contributed by atoms with van der Waals surface area (Å²) < 4.78 is 32.3. The average molecular weight is 338 g/mol. The van der Waals surface area contributed by atoms with Crippen LogP contribution in [0.4, 0.5) is 0 Å². The van der Waals surface area contributed by atoms with Crippen molar-refractivity contribution in [2.75, 3.05) is 6.61 Å². The van der Waals surface area contributed by atoms with Crippen molar-refractivity contribution < 1.29 is 13.2 Å². The summed E-state index contributed by atoms with van der Waals surface area (Å²) in [4.78, 5) is 0. The molecule has 0 aliphatic carbocycles. The Morgan fingerprint density at radius 2 is 1.82 bits per heavy atom. The monoisotopic (exact) mass is 337 g/mol. The van der Waals surface area contributed by atoms with Gasteiger partial charge >= 0.3 is 0 Å². The molecule has 0 saturated heterocycles. The van der Waals surface area contributed by atoms with E-state index in [1.807, 2.05) is 18.2 Å². The maximum Gasteiger partial charge on any atom is 0.216 e. The first-order valence-corrected chi connectivity index (χ1v) is 9.01. The Morgan fingerprint density at radius 1 is 1.09 bits per heavy atom. The van der Waals surface area contributed by atoms with Crippen LogP contribution in [0.2, 0.25) is 5.02 Å². The molecule has 4 nitrogen and oxygen atoms in total. The molecule has 116 valence electrons. The summed E-state index contributed by atoms with van der Waals surface area (Å²) in [5, 5.41) is 0.592. The molecule has 6 heteroatoms. The van der Waals surface area contributed by atoms with E-state index in [1.54, 1.807) is 24.3 Å². The van der Waals surface area contributed by atoms with Crippen molar-refractivity contribution in [1.29, 1.82) is 0 Å². The number of hydrogen-bond donors (Lipinski definition) is 1. The van der Waals surface area contributed by atoms with Gasteiger partial charge in [0.25, 0.3) is 0 Å². The Labute approximate surface area is 135 Å². The zero-order valence-electron chi connectivity index (χ0n) is 11.9. The van der Waals surface area contributed by atoms with E-state index in [-0.39, 0.29) is 12.3 Å². The number of halogens is 1. The molecular weight excluding hydrogens is 322 g/mol. The third kappa shape index (κ3) is 3.80. The van der Waals surface area contributed by atoms with Crippen molar-refractivity contribution in [3.8, 4) is 5.75 Å². The van der Waals surface area contributed by atoms with Gasteiger partial charge in [-0.2, -0.15) is 0 Å². The van der Waals surface area contributed by atoms with Crippen molar-refractivity contribution >= 4 is 21.6 Å². The highest BCUT2D eigenvalue weighted by Gasteiger charge is 2.14. The zero-order valence-corrected chi connectivity index (χ0v) is 13.5. The average Bonchev–Trinajstić information content (AvgIpc) is 2.95. The highest BCUT2D eigenvalue weighted by Crippen LogP contribution is 2.25. The third-order valence-corrected chi connectivity index (χ3v) is 5.07. The van der Waals surface area contributed by atoms with E-state index in [9.17, 15) is 8.42 Å². The molecular formula is C16H16ClNO3S. The number of rotatable bonds is 5. The predicted octanol–water partition coefficient (Wildman–Crippen LogP) is 2.89. The highest BCUT2D eigenvalue weighted by atomic mass is 35.5. The minimum atomic E-state index is -3.38. The maximum atomic E-state index is 12.1. The molecule has 1 aliphatic heterocycles. The van der Waals surface area contributed by atoms with Crippen LogP contribution in [0.25, 0.3) is 0 Å². The lowest BCUT2D eigenvalue weighted by Crippen LogP contribution is -2.24. The predicted molar refractivity (Wildman–Crippen MR) is 86.6 cm³/mol. The Hall–Kier alpha value is -1.56. The van der Waals surface area contributed by atoms with Crippen LogP contribution < -0.4 is 9.46 Å². The number of ether oxygens (including phenoxy) is 1. The molecule has 1 aliphatic rings. The summed E-state index contributed by atoms with van der Waals surface area (Å²) >= 11 is 5.80. The van der Waals surface area contributed by atoms with Crippen LogP contribution in [0, 0.1) is 0 Å². The van der Waals surface area contributed by atoms with E-state index in [4.69, 9.17) is 16.3 Å². The number of benzene rings is 2. The Balaban J connectivity index is 1.63. The van der Waals surface area contributed by atoms with E-state index in [0.717, 1.165) is 23.3 Å². The third-order valence-electron chi connectivity index (χ3n) is 3.52. The minimum Gasteiger partial charge on any atom is -0.493 e. The number of fused-ring (bicyclic) bond motifs is 1. The van der Waals surface area contributed by atoms with Crippen LogP contribution in [-0.2, 0) is 28.7 Å². The van der Waals surface area contributed by atoms with Crippen LogP contribution in [0.1, 0.15) is 16.7 Å². The van der Waals surface area contributed by atoms with Crippen LogP contribution in [0.15, 0.2) is 42.5 Å². The van der Waals surface area contributed by atoms with Gasteiger partial charge in [0.1, 0.15) is 5.75 Å². The van der Waals surface area contributed by atoms with Gasteiger partial charge in [-0.1, -0.05) is 35.9 Å². The van der Waals surface area contributed by atoms with Gasteiger partial charge in [-0.15, -0.1) is 0 Å². The molecule has 0 amide bonds. The molecule has 2 aromatic rings. The molecule has 0 atom stereocenters. The SMILES string of the molecule is O=S(=O)(Cc1ccc(Cl)cc1)NCc1ccc2c(c1)CCO2. The standard InChI is InChI=1S/C16H16ClNO3S/c17-15-4-1-12(2-5-15)11-22(19,20)18-10-13-3-6-16-14(9-13)7-8-21-16/h1-6,9,18H,7-8,10-11H2. The van der Waals surface area contributed by atoms with E-state index in [0.29, 0.717) is 17.2 Å². The topological polar surface area (TPSA) is 55.4 Å². The van der Waals surface area contributed by atoms with Gasteiger partial charge in [-0.05, 0) is 34.9 Å². The zero-order chi connectivity index (χ0) is 15.6. The van der Waals surface area contributed by atoms with Gasteiger partial charge in [0.2, 0.25) is 10.0 Å². The maximum absolute atomic E-state index is 12.1. The van der Waals surface area contributed by atoms with Gasteiger partial charge < -0.3 is 4.74 Å². The van der Waals surface area contributed by atoms with Crippen molar-refractivity contribution in [3.05, 3.63) is 64.2 Å². The lowest BCUT2D eigenvalue weighted by atomic mass is 10.1. The Morgan fingerprint density at radius 3 is 2.59 bits per heavy atom. The van der Waals surface area contributed by atoms with E-state index < -0.39 is 10.0 Å². The lowest BCUT2D eigenvalue weighted by molar-refractivity contribution is 0.357. The van der Waals surface area contributed by atoms with Gasteiger partial charge in [-0.3, -0.25) is 0 Å². The Kier molecular flexibility index (Phi) is 4.38. The van der Waals surface area contributed by atoms with Crippen LogP contribution >= 0.6 is 11.6 Å². The second-order valence-electron chi connectivity index (χ2n) is 5.25. The number of sulfonamides is 1. The first-order chi connectivity index (χ1) is 10.5. The molecule has 22 heavy (non-hydrogen) atoms. The van der Waals surface area contributed by atoms with Crippen molar-refractivity contribution in [3.63, 3.8) is 0 Å². The van der Waals surface area contributed by atoms with Gasteiger partial charge in [0.15, 0.2) is 0 Å². The fraction of sp³-hybridized carbons (Fsp3) is 0.250. The fourth-order valence-electron chi connectivity index (χ4n) is 2.39. The summed E-state index contributed by atoms with van der Waals surface area (Å²) in [6.07, 6.45) is 0.876. The van der Waals surface area contributed by atoms with E-state index >= 15 is 0 Å². The smallest absolute Gasteiger partial charge is 0.216 e. The Bertz CT molecular complexity index is 772. The molecule has 1 heterocycles. The van der Waals surface area contributed by atoms with Gasteiger partial charge in [0.05, 0.1) is 12.4 Å². The van der Waals surface area contributed by atoms with Crippen LogP contribution in [0.5, 0.6) is 5.75 Å². The first kappa shape index (κ1) is 15.3. The second kappa shape index (κ2) is 6.28. The number of hydrogen-bond acceptors (Lipinski definition) is 3. The lowest BCUT2D eigenvalue weighted by Gasteiger charge is -2.08. The van der Waals surface area contributed by atoms with Crippen molar-refractivity contribution in [2.24, 2.45) is 0 Å². The molecule has 0 unspecified atom stereocenters. The summed E-state index contributed by atoms with van der Waals surface area (Å²) in [6, 6.07) is 12.6. The second-order valence-corrected chi connectivity index (χ2v) is 7.49. The van der Waals surface area contributed by atoms with Crippen LogP contribution in [-0.4, -0.2) is 15.0 Å². The number of nitrogens with one attached hydrogen (secondary N) is 1. The molecule has 2 aromatic carbocycles. The van der Waals surface area contributed by atoms with Crippen molar-refractivity contribution in [1.82, 2.24) is 4.72 Å². The molecule has 0 bridgehead atoms. The first-order valence-electron chi connectivity index (χ1n) is 6.98. The highest BCUT2D eigenvalue weighted by molar-refractivity contribution is 7.88. The molecule has 0 radical (unpaired) electrons. The van der Waals surface area contributed by atoms with Gasteiger partial charge in [-0.25, -0.2) is 13.1 Å². The molecule has 0 aromatic heterocycles. The molecule has 1 N–H and O–H groups in total.